The number of nitrogens with zero attached hydrogens (tertiary/aromatic N) is 1. The van der Waals surface area contributed by atoms with Crippen LogP contribution < -0.4 is 0 Å². The van der Waals surface area contributed by atoms with E-state index in [1.165, 1.54) is 19.2 Å². The molecule has 0 aromatic heterocycles. The van der Waals surface area contributed by atoms with E-state index < -0.39 is 4.92 Å². The molecule has 1 aromatic rings. The Kier molecular flexibility index (Phi) is 3.85. The number of hydrogen-bond donors (Lipinski definition) is 0. The first-order valence-electron chi connectivity index (χ1n) is 4.02. The molecule has 0 N–H and O–H groups in total. The zero-order chi connectivity index (χ0) is 10.6. The van der Waals surface area contributed by atoms with Gasteiger partial charge in [0.1, 0.15) is 0 Å². The molecule has 0 saturated heterocycles. The second kappa shape index (κ2) is 4.93. The molecule has 0 amide bonds. The Balaban J connectivity index is 2.98. The summed E-state index contributed by atoms with van der Waals surface area (Å²) in [5.41, 5.74) is 0.770. The fraction of sp³-hybridized carbons (Fsp3) is 0.333. The molecule has 1 aromatic carbocycles. The van der Waals surface area contributed by atoms with Gasteiger partial charge in [-0.3, -0.25) is 10.1 Å². The summed E-state index contributed by atoms with van der Waals surface area (Å²) in [6.07, 6.45) is -0.295. The van der Waals surface area contributed by atoms with E-state index in [4.69, 9.17) is 16.3 Å². The number of nitro groups is 1. The minimum absolute atomic E-state index is 0.0506. The monoisotopic (exact) mass is 215 g/mol. The molecule has 0 unspecified atom stereocenters. The Hall–Kier alpha value is -1.13. The maximum atomic E-state index is 10.5. The summed E-state index contributed by atoms with van der Waals surface area (Å²) in [6, 6.07) is 6.27. The van der Waals surface area contributed by atoms with E-state index in [9.17, 15) is 10.1 Å². The van der Waals surface area contributed by atoms with Gasteiger partial charge in [-0.1, -0.05) is 12.1 Å². The highest BCUT2D eigenvalue weighted by Crippen LogP contribution is 2.22. The molecule has 0 fully saturated rings. The molecule has 0 aliphatic heterocycles. The van der Waals surface area contributed by atoms with E-state index in [-0.39, 0.29) is 17.7 Å². The second-order valence-corrected chi connectivity index (χ2v) is 3.04. The quantitative estimate of drug-likeness (QED) is 0.441. The van der Waals surface area contributed by atoms with E-state index in [0.717, 1.165) is 5.56 Å². The molecular formula is C9H10ClNO3. The molecule has 4 nitrogen and oxygen atoms in total. The van der Waals surface area contributed by atoms with Crippen molar-refractivity contribution in [3.05, 3.63) is 39.9 Å². The van der Waals surface area contributed by atoms with Crippen LogP contribution in [-0.2, 0) is 4.74 Å². The topological polar surface area (TPSA) is 52.4 Å². The van der Waals surface area contributed by atoms with Crippen molar-refractivity contribution in [3.8, 4) is 0 Å². The third-order valence-corrected chi connectivity index (χ3v) is 2.16. The maximum Gasteiger partial charge on any atom is 0.269 e. The van der Waals surface area contributed by atoms with Crippen molar-refractivity contribution in [1.82, 2.24) is 0 Å². The van der Waals surface area contributed by atoms with Crippen LogP contribution in [-0.4, -0.2) is 17.9 Å². The minimum Gasteiger partial charge on any atom is -0.376 e. The molecule has 1 rings (SSSR count). The van der Waals surface area contributed by atoms with Crippen molar-refractivity contribution in [1.29, 1.82) is 0 Å². The van der Waals surface area contributed by atoms with E-state index >= 15 is 0 Å². The molecule has 1 atom stereocenters. The smallest absolute Gasteiger partial charge is 0.269 e. The first kappa shape index (κ1) is 10.9. The minimum atomic E-state index is -0.440. The van der Waals surface area contributed by atoms with Crippen LogP contribution in [0.4, 0.5) is 5.69 Å². The first-order chi connectivity index (χ1) is 6.69. The lowest BCUT2D eigenvalue weighted by molar-refractivity contribution is -0.385. The zero-order valence-electron chi connectivity index (χ0n) is 7.64. The van der Waals surface area contributed by atoms with Crippen LogP contribution in [0.2, 0.25) is 0 Å². The van der Waals surface area contributed by atoms with Crippen molar-refractivity contribution in [3.63, 3.8) is 0 Å². The Morgan fingerprint density at radius 1 is 1.64 bits per heavy atom. The van der Waals surface area contributed by atoms with E-state index in [1.54, 1.807) is 12.1 Å². The van der Waals surface area contributed by atoms with Gasteiger partial charge in [0.25, 0.3) is 5.69 Å². The Bertz CT molecular complexity index is 326. The highest BCUT2D eigenvalue weighted by Gasteiger charge is 2.12. The van der Waals surface area contributed by atoms with Crippen LogP contribution in [0.15, 0.2) is 24.3 Å². The molecule has 0 heterocycles. The van der Waals surface area contributed by atoms with Gasteiger partial charge in [-0.2, -0.15) is 0 Å². The number of nitro benzene ring substituents is 1. The van der Waals surface area contributed by atoms with E-state index in [0.29, 0.717) is 0 Å². The van der Waals surface area contributed by atoms with Gasteiger partial charge in [-0.15, -0.1) is 11.6 Å². The van der Waals surface area contributed by atoms with Crippen LogP contribution in [0.1, 0.15) is 11.7 Å². The SMILES string of the molecule is CO[C@H](CCl)c1cccc([N+](=O)[O-])c1. The predicted octanol–water partition coefficient (Wildman–Crippen LogP) is 2.52. The Morgan fingerprint density at radius 3 is 2.86 bits per heavy atom. The second-order valence-electron chi connectivity index (χ2n) is 2.73. The third-order valence-electron chi connectivity index (χ3n) is 1.88. The number of benzene rings is 1. The van der Waals surface area contributed by atoms with Crippen LogP contribution in [0, 0.1) is 10.1 Å². The number of halogens is 1. The molecule has 0 saturated carbocycles. The van der Waals surface area contributed by atoms with Crippen molar-refractivity contribution in [2.75, 3.05) is 13.0 Å². The van der Waals surface area contributed by atoms with Gasteiger partial charge >= 0.3 is 0 Å². The Labute approximate surface area is 86.6 Å². The standard InChI is InChI=1S/C9H10ClNO3/c1-14-9(6-10)7-3-2-4-8(5-7)11(12)13/h2-5,9H,6H2,1H3/t9-/m1/s1. The van der Waals surface area contributed by atoms with Crippen molar-refractivity contribution < 1.29 is 9.66 Å². The van der Waals surface area contributed by atoms with Gasteiger partial charge in [-0.25, -0.2) is 0 Å². The molecule has 14 heavy (non-hydrogen) atoms. The summed E-state index contributed by atoms with van der Waals surface area (Å²) in [6.45, 7) is 0. The number of methoxy groups -OCH3 is 1. The summed E-state index contributed by atoms with van der Waals surface area (Å²) >= 11 is 5.64. The predicted molar refractivity (Wildman–Crippen MR) is 53.6 cm³/mol. The van der Waals surface area contributed by atoms with Crippen molar-refractivity contribution in [2.24, 2.45) is 0 Å². The molecule has 0 bridgehead atoms. The molecule has 0 aliphatic rings. The summed E-state index contributed by atoms with van der Waals surface area (Å²) in [7, 11) is 1.52. The van der Waals surface area contributed by atoms with Crippen LogP contribution in [0.25, 0.3) is 0 Å². The van der Waals surface area contributed by atoms with Gasteiger partial charge in [0.2, 0.25) is 0 Å². The fourth-order valence-corrected chi connectivity index (χ4v) is 1.43. The summed E-state index contributed by atoms with van der Waals surface area (Å²) in [4.78, 5) is 10.0. The molecule has 76 valence electrons. The molecule has 0 radical (unpaired) electrons. The Morgan fingerprint density at radius 2 is 2.36 bits per heavy atom. The van der Waals surface area contributed by atoms with Gasteiger partial charge < -0.3 is 4.74 Å². The number of hydrogen-bond acceptors (Lipinski definition) is 3. The van der Waals surface area contributed by atoms with Crippen LogP contribution in [0.5, 0.6) is 0 Å². The molecule has 0 aliphatic carbocycles. The third kappa shape index (κ3) is 2.43. The summed E-state index contributed by atoms with van der Waals surface area (Å²) in [5, 5.41) is 10.5. The summed E-state index contributed by atoms with van der Waals surface area (Å²) < 4.78 is 5.07. The number of non-ortho nitro benzene ring substituents is 1. The first-order valence-corrected chi connectivity index (χ1v) is 4.55. The summed E-state index contributed by atoms with van der Waals surface area (Å²) in [5.74, 6) is 0.275. The fourth-order valence-electron chi connectivity index (χ4n) is 1.13. The number of ether oxygens (including phenoxy) is 1. The highest BCUT2D eigenvalue weighted by molar-refractivity contribution is 6.18. The molecular weight excluding hydrogens is 206 g/mol. The maximum absolute atomic E-state index is 10.5. The van der Waals surface area contributed by atoms with Gasteiger partial charge in [0, 0.05) is 19.2 Å². The average molecular weight is 216 g/mol. The lowest BCUT2D eigenvalue weighted by atomic mass is 10.1. The van der Waals surface area contributed by atoms with Crippen molar-refractivity contribution in [2.45, 2.75) is 6.10 Å². The van der Waals surface area contributed by atoms with E-state index in [2.05, 4.69) is 0 Å². The van der Waals surface area contributed by atoms with E-state index in [1.807, 2.05) is 0 Å². The molecule has 0 spiro atoms. The van der Waals surface area contributed by atoms with Crippen molar-refractivity contribution >= 4 is 17.3 Å². The number of alkyl halides is 1. The zero-order valence-corrected chi connectivity index (χ0v) is 8.40. The van der Waals surface area contributed by atoms with Gasteiger partial charge in [0.05, 0.1) is 16.9 Å². The van der Waals surface area contributed by atoms with Gasteiger partial charge in [-0.05, 0) is 5.56 Å². The van der Waals surface area contributed by atoms with Gasteiger partial charge in [0.15, 0.2) is 0 Å². The lowest BCUT2D eigenvalue weighted by Crippen LogP contribution is -2.03. The normalized spacial score (nSPS) is 12.4. The largest absolute Gasteiger partial charge is 0.376 e. The molecule has 5 heteroatoms. The lowest BCUT2D eigenvalue weighted by Gasteiger charge is -2.11. The number of rotatable bonds is 4. The highest BCUT2D eigenvalue weighted by atomic mass is 35.5. The van der Waals surface area contributed by atoms with Crippen LogP contribution in [0.3, 0.4) is 0 Å². The van der Waals surface area contributed by atoms with Crippen LogP contribution >= 0.6 is 11.6 Å². The average Bonchev–Trinajstić information content (AvgIpc) is 2.20.